The molecule has 2 rings (SSSR count). The van der Waals surface area contributed by atoms with E-state index in [0.29, 0.717) is 0 Å². The molecule has 2 aromatic rings. The van der Waals surface area contributed by atoms with E-state index in [0.717, 1.165) is 25.3 Å². The molecule has 0 radical (unpaired) electrons. The predicted octanol–water partition coefficient (Wildman–Crippen LogP) is 2.33. The highest BCUT2D eigenvalue weighted by atomic mass is 15.3. The van der Waals surface area contributed by atoms with Crippen LogP contribution >= 0.6 is 0 Å². The first-order valence-electron chi connectivity index (χ1n) is 5.63. The summed E-state index contributed by atoms with van der Waals surface area (Å²) in [6.07, 6.45) is 1.87. The number of rotatable bonds is 5. The van der Waals surface area contributed by atoms with E-state index in [9.17, 15) is 0 Å². The van der Waals surface area contributed by atoms with E-state index in [1.807, 2.05) is 16.8 Å². The Morgan fingerprint density at radius 1 is 1.44 bits per heavy atom. The van der Waals surface area contributed by atoms with Crippen LogP contribution in [0.5, 0.6) is 0 Å². The smallest absolute Gasteiger partial charge is 0.0841 e. The maximum Gasteiger partial charge on any atom is 0.0841 e. The molecular formula is C13H17N3. The summed E-state index contributed by atoms with van der Waals surface area (Å²) in [4.78, 5) is 0. The summed E-state index contributed by atoms with van der Waals surface area (Å²) < 4.78 is 2.00. The molecule has 16 heavy (non-hydrogen) atoms. The van der Waals surface area contributed by atoms with E-state index in [1.54, 1.807) is 0 Å². The fourth-order valence-corrected chi connectivity index (χ4v) is 1.83. The van der Waals surface area contributed by atoms with Crippen LogP contribution in [0.1, 0.15) is 12.6 Å². The summed E-state index contributed by atoms with van der Waals surface area (Å²) in [5, 5.41) is 9.14. The molecule has 84 valence electrons. The van der Waals surface area contributed by atoms with Gasteiger partial charge in [0, 0.05) is 11.9 Å². The molecule has 0 aliphatic rings. The van der Waals surface area contributed by atoms with Gasteiger partial charge in [0.25, 0.3) is 0 Å². The third-order valence-corrected chi connectivity index (χ3v) is 2.58. The van der Waals surface area contributed by atoms with Crippen LogP contribution in [0.2, 0.25) is 0 Å². The second-order valence-electron chi connectivity index (χ2n) is 3.71. The molecule has 0 fully saturated rings. The Labute approximate surface area is 95.8 Å². The quantitative estimate of drug-likeness (QED) is 0.776. The van der Waals surface area contributed by atoms with Crippen LogP contribution in [-0.4, -0.2) is 16.3 Å². The lowest BCUT2D eigenvalue weighted by Crippen LogP contribution is -2.12. The van der Waals surface area contributed by atoms with Crippen molar-refractivity contribution in [2.24, 2.45) is 0 Å². The molecule has 0 saturated heterocycles. The maximum absolute atomic E-state index is 4.60. The number of allylic oxidation sites excluding steroid dienone is 1. The Kier molecular flexibility index (Phi) is 3.37. The number of para-hydroxylation sites is 1. The van der Waals surface area contributed by atoms with Gasteiger partial charge in [-0.05, 0) is 12.6 Å². The first-order valence-corrected chi connectivity index (χ1v) is 5.63. The highest BCUT2D eigenvalue weighted by Crippen LogP contribution is 2.18. The van der Waals surface area contributed by atoms with E-state index in [2.05, 4.69) is 42.1 Å². The Morgan fingerprint density at radius 2 is 2.25 bits per heavy atom. The molecule has 0 unspecified atom stereocenters. The molecule has 0 aliphatic carbocycles. The van der Waals surface area contributed by atoms with Gasteiger partial charge < -0.3 is 5.32 Å². The van der Waals surface area contributed by atoms with Gasteiger partial charge >= 0.3 is 0 Å². The van der Waals surface area contributed by atoms with E-state index in [1.165, 1.54) is 10.9 Å². The second-order valence-corrected chi connectivity index (χ2v) is 3.71. The van der Waals surface area contributed by atoms with E-state index in [-0.39, 0.29) is 0 Å². The topological polar surface area (TPSA) is 29.9 Å². The molecule has 0 aliphatic heterocycles. The van der Waals surface area contributed by atoms with Gasteiger partial charge in [-0.25, -0.2) is 0 Å². The highest BCUT2D eigenvalue weighted by molar-refractivity contribution is 5.81. The van der Waals surface area contributed by atoms with Crippen molar-refractivity contribution in [2.75, 3.05) is 6.54 Å². The highest BCUT2D eigenvalue weighted by Gasteiger charge is 2.07. The lowest BCUT2D eigenvalue weighted by atomic mass is 10.2. The average Bonchev–Trinajstić information content (AvgIpc) is 2.66. The molecule has 0 spiro atoms. The molecule has 0 saturated carbocycles. The molecule has 1 aromatic carbocycles. The molecule has 0 atom stereocenters. The van der Waals surface area contributed by atoms with Gasteiger partial charge in [-0.3, -0.25) is 4.68 Å². The zero-order chi connectivity index (χ0) is 11.4. The van der Waals surface area contributed by atoms with Crippen molar-refractivity contribution in [1.82, 2.24) is 15.1 Å². The van der Waals surface area contributed by atoms with E-state index >= 15 is 0 Å². The summed E-state index contributed by atoms with van der Waals surface area (Å²) in [5.41, 5.74) is 2.29. The fraction of sp³-hybridized carbons (Fsp3) is 0.308. The van der Waals surface area contributed by atoms with Crippen molar-refractivity contribution < 1.29 is 0 Å². The summed E-state index contributed by atoms with van der Waals surface area (Å²) >= 11 is 0. The number of benzene rings is 1. The van der Waals surface area contributed by atoms with Crippen LogP contribution in [-0.2, 0) is 13.1 Å². The van der Waals surface area contributed by atoms with Crippen LogP contribution in [0.4, 0.5) is 0 Å². The van der Waals surface area contributed by atoms with Crippen molar-refractivity contribution in [1.29, 1.82) is 0 Å². The molecule has 0 bridgehead atoms. The molecule has 1 aromatic heterocycles. The number of fused-ring (bicyclic) bond motifs is 1. The lowest BCUT2D eigenvalue weighted by Gasteiger charge is -1.97. The maximum atomic E-state index is 4.60. The number of nitrogens with zero attached hydrogens (tertiary/aromatic N) is 2. The van der Waals surface area contributed by atoms with Crippen molar-refractivity contribution in [2.45, 2.75) is 20.0 Å². The van der Waals surface area contributed by atoms with Gasteiger partial charge in [0.1, 0.15) is 0 Å². The van der Waals surface area contributed by atoms with Crippen LogP contribution in [0.3, 0.4) is 0 Å². The zero-order valence-electron chi connectivity index (χ0n) is 9.61. The van der Waals surface area contributed by atoms with Gasteiger partial charge in [0.05, 0.1) is 17.8 Å². The van der Waals surface area contributed by atoms with Crippen molar-refractivity contribution in [3.8, 4) is 0 Å². The van der Waals surface area contributed by atoms with Crippen LogP contribution in [0.25, 0.3) is 10.9 Å². The van der Waals surface area contributed by atoms with Gasteiger partial charge in [0.2, 0.25) is 0 Å². The minimum Gasteiger partial charge on any atom is -0.311 e. The van der Waals surface area contributed by atoms with Crippen LogP contribution in [0, 0.1) is 0 Å². The molecular weight excluding hydrogens is 198 g/mol. The summed E-state index contributed by atoms with van der Waals surface area (Å²) in [6, 6.07) is 8.31. The minimum absolute atomic E-state index is 0.757. The van der Waals surface area contributed by atoms with Crippen molar-refractivity contribution >= 4 is 10.9 Å². The second kappa shape index (κ2) is 4.94. The molecule has 3 heteroatoms. The SMILES string of the molecule is C=CCn1nc(CNCC)c2ccccc21. The number of hydrogen-bond acceptors (Lipinski definition) is 2. The molecule has 0 amide bonds. The summed E-state index contributed by atoms with van der Waals surface area (Å²) in [5.74, 6) is 0. The Balaban J connectivity index is 2.44. The number of aromatic nitrogens is 2. The minimum atomic E-state index is 0.757. The predicted molar refractivity (Wildman–Crippen MR) is 67.3 cm³/mol. The Hall–Kier alpha value is -1.61. The summed E-state index contributed by atoms with van der Waals surface area (Å²) in [7, 11) is 0. The number of nitrogens with one attached hydrogen (secondary N) is 1. The van der Waals surface area contributed by atoms with E-state index in [4.69, 9.17) is 0 Å². The van der Waals surface area contributed by atoms with Crippen LogP contribution < -0.4 is 5.32 Å². The summed E-state index contributed by atoms with van der Waals surface area (Å²) in [6.45, 7) is 8.40. The van der Waals surface area contributed by atoms with Gasteiger partial charge in [0.15, 0.2) is 0 Å². The first-order chi connectivity index (χ1) is 7.86. The van der Waals surface area contributed by atoms with Crippen LogP contribution in [0.15, 0.2) is 36.9 Å². The lowest BCUT2D eigenvalue weighted by molar-refractivity contribution is 0.664. The van der Waals surface area contributed by atoms with E-state index < -0.39 is 0 Å². The first kappa shape index (κ1) is 10.9. The monoisotopic (exact) mass is 215 g/mol. The van der Waals surface area contributed by atoms with Gasteiger partial charge in [-0.1, -0.05) is 31.2 Å². The Morgan fingerprint density at radius 3 is 3.00 bits per heavy atom. The normalized spacial score (nSPS) is 10.8. The Bertz CT molecular complexity index is 485. The zero-order valence-corrected chi connectivity index (χ0v) is 9.61. The van der Waals surface area contributed by atoms with Gasteiger partial charge in [-0.2, -0.15) is 5.10 Å². The van der Waals surface area contributed by atoms with Crippen molar-refractivity contribution in [3.63, 3.8) is 0 Å². The van der Waals surface area contributed by atoms with Gasteiger partial charge in [-0.15, -0.1) is 6.58 Å². The van der Waals surface area contributed by atoms with Crippen molar-refractivity contribution in [3.05, 3.63) is 42.6 Å². The fourth-order valence-electron chi connectivity index (χ4n) is 1.83. The molecule has 1 heterocycles. The molecule has 1 N–H and O–H groups in total. The average molecular weight is 215 g/mol. The third-order valence-electron chi connectivity index (χ3n) is 2.58. The standard InChI is InChI=1S/C13H17N3/c1-3-9-16-13-8-6-5-7-11(13)12(15-16)10-14-4-2/h3,5-8,14H,1,4,9-10H2,2H3. The largest absolute Gasteiger partial charge is 0.311 e. The number of hydrogen-bond donors (Lipinski definition) is 1. The molecule has 3 nitrogen and oxygen atoms in total. The third kappa shape index (κ3) is 1.99.